The Morgan fingerprint density at radius 3 is 2.64 bits per heavy atom. The van der Waals surface area contributed by atoms with Crippen molar-refractivity contribution >= 4 is 35.0 Å². The van der Waals surface area contributed by atoms with E-state index >= 15 is 0 Å². The van der Waals surface area contributed by atoms with Crippen LogP contribution in [0.1, 0.15) is 62.6 Å². The van der Waals surface area contributed by atoms with Gasteiger partial charge in [-0.1, -0.05) is 13.0 Å². The first-order valence-corrected chi connectivity index (χ1v) is 11.7. The normalized spacial score (nSPS) is 21.3. The average Bonchev–Trinajstić information content (AvgIpc) is 3.43. The number of hydrogen-bond acceptors (Lipinski definition) is 7. The Hall–Kier alpha value is -3.52. The molecule has 0 unspecified atom stereocenters. The molecule has 0 spiro atoms. The molecule has 2 aliphatic heterocycles. The lowest BCUT2D eigenvalue weighted by atomic mass is 9.96. The number of amides is 4. The van der Waals surface area contributed by atoms with Gasteiger partial charge in [-0.2, -0.15) is 13.2 Å². The van der Waals surface area contributed by atoms with Crippen molar-refractivity contribution in [1.82, 2.24) is 20.3 Å². The molecular weight excluding hydrogens is 501 g/mol. The van der Waals surface area contributed by atoms with E-state index in [0.717, 1.165) is 18.2 Å². The van der Waals surface area contributed by atoms with Crippen LogP contribution in [0.5, 0.6) is 0 Å². The predicted molar refractivity (Wildman–Crippen MR) is 121 cm³/mol. The topological polar surface area (TPSA) is 152 Å². The molecule has 14 heteroatoms. The molecule has 1 aromatic carbocycles. The van der Waals surface area contributed by atoms with Gasteiger partial charge in [-0.3, -0.25) is 24.2 Å². The van der Waals surface area contributed by atoms with E-state index < -0.39 is 47.3 Å². The van der Waals surface area contributed by atoms with Crippen molar-refractivity contribution in [3.8, 4) is 0 Å². The summed E-state index contributed by atoms with van der Waals surface area (Å²) < 4.78 is 49.2. The summed E-state index contributed by atoms with van der Waals surface area (Å²) in [5.74, 6) is -4.30. The summed E-state index contributed by atoms with van der Waals surface area (Å²) in [6.45, 7) is 2.07. The maximum absolute atomic E-state index is 13.5. The Morgan fingerprint density at radius 1 is 1.28 bits per heavy atom. The molecule has 5 N–H and O–H groups in total. The highest BCUT2D eigenvalue weighted by Gasteiger charge is 2.40. The second-order valence-corrected chi connectivity index (χ2v) is 9.53. The Bertz CT molecular complexity index is 1300. The number of carbonyl (C=O) groups excluding carboxylic acids is 4. The molecular formula is C22H23F3N6O4S. The number of fused-ring (bicyclic) bond motifs is 2. The standard InChI is InChI=1S/C22H23F3N6O4S/c1-10(7-14-16(17(26)32)36-20(28-14)18(27)33)19(34)29-15-13-4-3-12(22(23,24)25)8-11(13)9-30-5-2-6-31(30)21(15)35/h3-4,8,10,15H,2,5-7,9H2,1H3,(H2,26,32)(H2,27,33)(H,29,34)/t10-,15-/m1/s1/i15D. The number of rotatable bonds is 6. The fourth-order valence-electron chi connectivity index (χ4n) is 4.18. The number of carbonyl (C=O) groups is 4. The van der Waals surface area contributed by atoms with Gasteiger partial charge in [0, 0.05) is 32.0 Å². The van der Waals surface area contributed by atoms with Crippen LogP contribution in [-0.2, 0) is 28.7 Å². The lowest BCUT2D eigenvalue weighted by Crippen LogP contribution is -2.46. The zero-order valence-electron chi connectivity index (χ0n) is 20.0. The van der Waals surface area contributed by atoms with Crippen LogP contribution in [0.4, 0.5) is 13.2 Å². The summed E-state index contributed by atoms with van der Waals surface area (Å²) in [6, 6.07) is 0.304. The number of hydrazine groups is 1. The predicted octanol–water partition coefficient (Wildman–Crippen LogP) is 1.36. The molecule has 1 aromatic heterocycles. The molecule has 2 aliphatic rings. The van der Waals surface area contributed by atoms with Crippen molar-refractivity contribution in [3.63, 3.8) is 0 Å². The van der Waals surface area contributed by atoms with Crippen molar-refractivity contribution in [1.29, 1.82) is 0 Å². The summed E-state index contributed by atoms with van der Waals surface area (Å²) in [6.07, 6.45) is -4.25. The number of nitrogens with one attached hydrogen (secondary N) is 1. The van der Waals surface area contributed by atoms with Gasteiger partial charge >= 0.3 is 6.18 Å². The van der Waals surface area contributed by atoms with E-state index in [-0.39, 0.29) is 46.2 Å². The van der Waals surface area contributed by atoms with Crippen molar-refractivity contribution in [3.05, 3.63) is 50.5 Å². The van der Waals surface area contributed by atoms with Gasteiger partial charge in [-0.25, -0.2) is 9.99 Å². The smallest absolute Gasteiger partial charge is 0.365 e. The quantitative estimate of drug-likeness (QED) is 0.518. The fraction of sp³-hybridized carbons (Fsp3) is 0.409. The number of halogens is 3. The fourth-order valence-corrected chi connectivity index (χ4v) is 4.98. The van der Waals surface area contributed by atoms with Crippen molar-refractivity contribution in [2.45, 2.75) is 38.5 Å². The van der Waals surface area contributed by atoms with Gasteiger partial charge in [0.2, 0.25) is 5.91 Å². The second-order valence-electron chi connectivity index (χ2n) is 8.53. The van der Waals surface area contributed by atoms with Gasteiger partial charge in [-0.05, 0) is 29.7 Å². The summed E-state index contributed by atoms with van der Waals surface area (Å²) in [5, 5.41) is 5.07. The number of nitrogens with two attached hydrogens (primary N) is 2. The third-order valence-electron chi connectivity index (χ3n) is 5.96. The summed E-state index contributed by atoms with van der Waals surface area (Å²) >= 11 is 0.685. The second kappa shape index (κ2) is 9.50. The molecule has 0 radical (unpaired) electrons. The minimum atomic E-state index is -4.63. The molecule has 0 bridgehead atoms. The largest absolute Gasteiger partial charge is 0.416 e. The molecule has 4 rings (SSSR count). The highest BCUT2D eigenvalue weighted by molar-refractivity contribution is 7.15. The van der Waals surface area contributed by atoms with Crippen LogP contribution in [0, 0.1) is 5.92 Å². The van der Waals surface area contributed by atoms with E-state index in [1.807, 2.05) is 0 Å². The third kappa shape index (κ3) is 4.91. The van der Waals surface area contributed by atoms with E-state index in [2.05, 4.69) is 10.3 Å². The highest BCUT2D eigenvalue weighted by Crippen LogP contribution is 2.35. The van der Waals surface area contributed by atoms with Crippen molar-refractivity contribution in [2.24, 2.45) is 17.4 Å². The molecule has 2 atom stereocenters. The Morgan fingerprint density at radius 2 is 2.00 bits per heavy atom. The van der Waals surface area contributed by atoms with E-state index in [0.29, 0.717) is 24.3 Å². The van der Waals surface area contributed by atoms with Crippen LogP contribution in [0.15, 0.2) is 18.2 Å². The molecule has 1 fully saturated rings. The molecule has 10 nitrogen and oxygen atoms in total. The molecule has 36 heavy (non-hydrogen) atoms. The first-order valence-electron chi connectivity index (χ1n) is 11.4. The molecule has 3 heterocycles. The third-order valence-corrected chi connectivity index (χ3v) is 7.08. The van der Waals surface area contributed by atoms with Crippen LogP contribution in [0.2, 0.25) is 0 Å². The van der Waals surface area contributed by atoms with E-state index in [1.54, 1.807) is 5.01 Å². The molecule has 1 saturated heterocycles. The van der Waals surface area contributed by atoms with Crippen molar-refractivity contribution in [2.75, 3.05) is 13.1 Å². The minimum Gasteiger partial charge on any atom is -0.365 e. The molecule has 4 amide bonds. The number of primary amides is 2. The summed E-state index contributed by atoms with van der Waals surface area (Å²) in [5.41, 5.74) is 9.72. The van der Waals surface area contributed by atoms with Gasteiger partial charge in [-0.15, -0.1) is 11.3 Å². The first kappa shape index (κ1) is 24.2. The van der Waals surface area contributed by atoms with E-state index in [9.17, 15) is 32.3 Å². The lowest BCUT2D eigenvalue weighted by Gasteiger charge is -2.28. The summed E-state index contributed by atoms with van der Waals surface area (Å²) in [7, 11) is 0. The Kier molecular flexibility index (Phi) is 6.38. The van der Waals surface area contributed by atoms with Crippen molar-refractivity contribution < 1.29 is 33.7 Å². The maximum atomic E-state index is 13.5. The number of benzene rings is 1. The molecule has 192 valence electrons. The first-order chi connectivity index (χ1) is 17.2. The monoisotopic (exact) mass is 525 g/mol. The van der Waals surface area contributed by atoms with E-state index in [1.165, 1.54) is 11.9 Å². The maximum Gasteiger partial charge on any atom is 0.416 e. The highest BCUT2D eigenvalue weighted by atomic mass is 32.1. The lowest BCUT2D eigenvalue weighted by molar-refractivity contribution is -0.148. The van der Waals surface area contributed by atoms with Crippen LogP contribution >= 0.6 is 11.3 Å². The molecule has 2 aromatic rings. The minimum absolute atomic E-state index is 0.0340. The van der Waals surface area contributed by atoms with Gasteiger partial charge in [0.05, 0.1) is 12.6 Å². The molecule has 0 saturated carbocycles. The van der Waals surface area contributed by atoms with Crippen LogP contribution < -0.4 is 16.8 Å². The van der Waals surface area contributed by atoms with Crippen LogP contribution in [-0.4, -0.2) is 51.7 Å². The average molecular weight is 526 g/mol. The summed E-state index contributed by atoms with van der Waals surface area (Å²) in [4.78, 5) is 53.8. The zero-order valence-corrected chi connectivity index (χ0v) is 19.8. The Balaban J connectivity index is 1.67. The van der Waals surface area contributed by atoms with Gasteiger partial charge < -0.3 is 16.8 Å². The Labute approximate surface area is 208 Å². The van der Waals surface area contributed by atoms with Gasteiger partial charge in [0.15, 0.2) is 5.01 Å². The molecule has 0 aliphatic carbocycles. The number of nitrogens with zero attached hydrogens (tertiary/aromatic N) is 3. The SMILES string of the molecule is [2H][C@]1(NC(=O)[C@H](C)Cc2nc(C(N)=O)sc2C(N)=O)C(=O)N2CCCN2Cc2cc(C(F)(F)F)ccc21. The number of thiazole rings is 1. The zero-order chi connectivity index (χ0) is 27.3. The van der Waals surface area contributed by atoms with Gasteiger partial charge in [0.1, 0.15) is 10.9 Å². The van der Waals surface area contributed by atoms with Gasteiger partial charge in [0.25, 0.3) is 17.7 Å². The number of alkyl halides is 3. The van der Waals surface area contributed by atoms with E-state index in [4.69, 9.17) is 12.8 Å². The van der Waals surface area contributed by atoms with Crippen LogP contribution in [0.25, 0.3) is 0 Å². The van der Waals surface area contributed by atoms with Crippen LogP contribution in [0.3, 0.4) is 0 Å². The number of hydrogen-bond donors (Lipinski definition) is 3. The number of aromatic nitrogens is 1.